The minimum absolute atomic E-state index is 0.00345. The SMILES string of the molecule is CC(C)Oc1cccc(NC(=O)c2ccc3ccc(C(=N)N)cc3c2)c1. The summed E-state index contributed by atoms with van der Waals surface area (Å²) >= 11 is 0. The van der Waals surface area contributed by atoms with Gasteiger partial charge < -0.3 is 15.8 Å². The van der Waals surface area contributed by atoms with Gasteiger partial charge in [-0.25, -0.2) is 0 Å². The van der Waals surface area contributed by atoms with Gasteiger partial charge in [-0.3, -0.25) is 10.2 Å². The van der Waals surface area contributed by atoms with Gasteiger partial charge >= 0.3 is 0 Å². The van der Waals surface area contributed by atoms with Crippen LogP contribution in [0.25, 0.3) is 10.8 Å². The van der Waals surface area contributed by atoms with Gasteiger partial charge in [0.25, 0.3) is 5.91 Å². The van der Waals surface area contributed by atoms with Gasteiger partial charge in [0.1, 0.15) is 11.6 Å². The van der Waals surface area contributed by atoms with Crippen molar-refractivity contribution < 1.29 is 9.53 Å². The zero-order chi connectivity index (χ0) is 18.7. The Labute approximate surface area is 152 Å². The Bertz CT molecular complexity index is 980. The molecule has 3 rings (SSSR count). The Morgan fingerprint density at radius 1 is 1.00 bits per heavy atom. The molecule has 4 N–H and O–H groups in total. The van der Waals surface area contributed by atoms with Gasteiger partial charge in [-0.1, -0.05) is 24.3 Å². The highest BCUT2D eigenvalue weighted by atomic mass is 16.5. The van der Waals surface area contributed by atoms with E-state index >= 15 is 0 Å². The highest BCUT2D eigenvalue weighted by molar-refractivity contribution is 6.07. The number of nitrogen functional groups attached to an aromatic ring is 1. The summed E-state index contributed by atoms with van der Waals surface area (Å²) in [4.78, 5) is 12.6. The average Bonchev–Trinajstić information content (AvgIpc) is 2.60. The molecule has 0 aliphatic rings. The summed E-state index contributed by atoms with van der Waals surface area (Å²) in [6, 6.07) is 18.3. The van der Waals surface area contributed by atoms with Crippen molar-refractivity contribution in [2.75, 3.05) is 5.32 Å². The maximum atomic E-state index is 12.6. The lowest BCUT2D eigenvalue weighted by Crippen LogP contribution is -2.13. The summed E-state index contributed by atoms with van der Waals surface area (Å²) in [5.74, 6) is 0.507. The quantitative estimate of drug-likeness (QED) is 0.478. The number of amides is 1. The molecular formula is C21H21N3O2. The zero-order valence-electron chi connectivity index (χ0n) is 14.7. The molecule has 0 aliphatic carbocycles. The van der Waals surface area contributed by atoms with Crippen LogP contribution < -0.4 is 15.8 Å². The molecule has 3 aromatic rings. The van der Waals surface area contributed by atoms with Crippen molar-refractivity contribution in [3.63, 3.8) is 0 Å². The van der Waals surface area contributed by atoms with Crippen LogP contribution in [0.5, 0.6) is 5.75 Å². The molecule has 5 nitrogen and oxygen atoms in total. The van der Waals surface area contributed by atoms with Crippen molar-refractivity contribution in [1.29, 1.82) is 5.41 Å². The van der Waals surface area contributed by atoms with Crippen LogP contribution in [0, 0.1) is 5.41 Å². The van der Waals surface area contributed by atoms with Crippen LogP contribution in [0.2, 0.25) is 0 Å². The largest absolute Gasteiger partial charge is 0.491 e. The van der Waals surface area contributed by atoms with E-state index in [9.17, 15) is 4.79 Å². The lowest BCUT2D eigenvalue weighted by molar-refractivity contribution is 0.102. The van der Waals surface area contributed by atoms with Crippen molar-refractivity contribution in [2.24, 2.45) is 5.73 Å². The van der Waals surface area contributed by atoms with Gasteiger partial charge in [0, 0.05) is 22.9 Å². The number of carbonyl (C=O) groups is 1. The third-order valence-electron chi connectivity index (χ3n) is 3.88. The maximum absolute atomic E-state index is 12.6. The number of nitrogens with two attached hydrogens (primary N) is 1. The van der Waals surface area contributed by atoms with Gasteiger partial charge in [-0.2, -0.15) is 0 Å². The average molecular weight is 347 g/mol. The number of carbonyl (C=O) groups excluding carboxylic acids is 1. The molecule has 0 radical (unpaired) electrons. The number of hydrogen-bond acceptors (Lipinski definition) is 3. The minimum atomic E-state index is -0.207. The molecule has 26 heavy (non-hydrogen) atoms. The van der Waals surface area contributed by atoms with Crippen molar-refractivity contribution in [3.8, 4) is 5.75 Å². The second kappa shape index (κ2) is 7.27. The number of nitrogens with one attached hydrogen (secondary N) is 2. The summed E-state index contributed by atoms with van der Waals surface area (Å²) in [6.07, 6.45) is 0.0666. The predicted molar refractivity (Wildman–Crippen MR) is 105 cm³/mol. The van der Waals surface area contributed by atoms with Gasteiger partial charge in [0.05, 0.1) is 6.10 Å². The molecule has 0 spiro atoms. The number of benzene rings is 3. The second-order valence-electron chi connectivity index (χ2n) is 6.34. The zero-order valence-corrected chi connectivity index (χ0v) is 14.7. The Hall–Kier alpha value is -3.34. The Morgan fingerprint density at radius 3 is 2.38 bits per heavy atom. The van der Waals surface area contributed by atoms with Crippen molar-refractivity contribution in [2.45, 2.75) is 20.0 Å². The first-order chi connectivity index (χ1) is 12.4. The Balaban J connectivity index is 1.84. The third kappa shape index (κ3) is 4.00. The molecule has 0 aromatic heterocycles. The number of hydrogen-bond donors (Lipinski definition) is 3. The van der Waals surface area contributed by atoms with Crippen LogP contribution in [-0.2, 0) is 0 Å². The lowest BCUT2D eigenvalue weighted by atomic mass is 10.0. The van der Waals surface area contributed by atoms with Crippen LogP contribution in [0.1, 0.15) is 29.8 Å². The molecule has 3 aromatic carbocycles. The molecule has 0 saturated heterocycles. The molecule has 0 aliphatic heterocycles. The van der Waals surface area contributed by atoms with Gasteiger partial charge in [-0.05, 0) is 55.0 Å². The van der Waals surface area contributed by atoms with E-state index in [4.69, 9.17) is 15.9 Å². The van der Waals surface area contributed by atoms with E-state index in [2.05, 4.69) is 5.32 Å². The number of fused-ring (bicyclic) bond motifs is 1. The van der Waals surface area contributed by atoms with Crippen LogP contribution in [0.4, 0.5) is 5.69 Å². The monoisotopic (exact) mass is 347 g/mol. The molecule has 5 heteroatoms. The molecule has 132 valence electrons. The van der Waals surface area contributed by atoms with Crippen LogP contribution >= 0.6 is 0 Å². The Morgan fingerprint density at radius 2 is 1.69 bits per heavy atom. The normalized spacial score (nSPS) is 10.7. The van der Waals surface area contributed by atoms with E-state index < -0.39 is 0 Å². The number of amidine groups is 1. The summed E-state index contributed by atoms with van der Waals surface area (Å²) in [6.45, 7) is 3.91. The molecular weight excluding hydrogens is 326 g/mol. The predicted octanol–water partition coefficient (Wildman–Crippen LogP) is 4.16. The second-order valence-corrected chi connectivity index (χ2v) is 6.34. The fraction of sp³-hybridized carbons (Fsp3) is 0.143. The highest BCUT2D eigenvalue weighted by Gasteiger charge is 2.09. The number of ether oxygens (including phenoxy) is 1. The van der Waals surface area contributed by atoms with E-state index in [1.807, 2.05) is 50.2 Å². The molecule has 0 unspecified atom stereocenters. The van der Waals surface area contributed by atoms with Crippen molar-refractivity contribution >= 4 is 28.2 Å². The number of rotatable bonds is 5. The highest BCUT2D eigenvalue weighted by Crippen LogP contribution is 2.21. The standard InChI is InChI=1S/C21H21N3O2/c1-13(2)26-19-5-3-4-18(12-19)24-21(25)16-9-7-14-6-8-15(20(22)23)10-17(14)11-16/h3-13H,1-2H3,(H3,22,23)(H,24,25). The molecule has 0 bridgehead atoms. The first-order valence-corrected chi connectivity index (χ1v) is 8.38. The van der Waals surface area contributed by atoms with E-state index in [0.29, 0.717) is 22.6 Å². The van der Waals surface area contributed by atoms with E-state index in [-0.39, 0.29) is 17.8 Å². The first-order valence-electron chi connectivity index (χ1n) is 8.38. The molecule has 1 amide bonds. The molecule has 0 fully saturated rings. The van der Waals surface area contributed by atoms with E-state index in [0.717, 1.165) is 10.8 Å². The van der Waals surface area contributed by atoms with Gasteiger partial charge in [-0.15, -0.1) is 0 Å². The molecule has 0 saturated carbocycles. The third-order valence-corrected chi connectivity index (χ3v) is 3.88. The number of anilines is 1. The Kier molecular flexibility index (Phi) is 4.89. The van der Waals surface area contributed by atoms with Crippen molar-refractivity contribution in [3.05, 3.63) is 71.8 Å². The van der Waals surface area contributed by atoms with E-state index in [1.165, 1.54) is 0 Å². The van der Waals surface area contributed by atoms with Crippen LogP contribution in [-0.4, -0.2) is 17.8 Å². The fourth-order valence-electron chi connectivity index (χ4n) is 2.68. The first kappa shape index (κ1) is 17.5. The van der Waals surface area contributed by atoms with Gasteiger partial charge in [0.15, 0.2) is 0 Å². The van der Waals surface area contributed by atoms with Crippen LogP contribution in [0.3, 0.4) is 0 Å². The van der Waals surface area contributed by atoms with Crippen molar-refractivity contribution in [1.82, 2.24) is 0 Å². The summed E-state index contributed by atoms with van der Waals surface area (Å²) in [5, 5.41) is 12.3. The summed E-state index contributed by atoms with van der Waals surface area (Å²) in [7, 11) is 0. The molecule has 0 heterocycles. The fourth-order valence-corrected chi connectivity index (χ4v) is 2.68. The minimum Gasteiger partial charge on any atom is -0.491 e. The lowest BCUT2D eigenvalue weighted by Gasteiger charge is -2.12. The summed E-state index contributed by atoms with van der Waals surface area (Å²) < 4.78 is 5.65. The van der Waals surface area contributed by atoms with E-state index in [1.54, 1.807) is 24.3 Å². The smallest absolute Gasteiger partial charge is 0.255 e. The van der Waals surface area contributed by atoms with Crippen LogP contribution in [0.15, 0.2) is 60.7 Å². The molecule has 0 atom stereocenters. The topological polar surface area (TPSA) is 88.2 Å². The maximum Gasteiger partial charge on any atom is 0.255 e. The summed E-state index contributed by atoms with van der Waals surface area (Å²) in [5.41, 5.74) is 7.39. The van der Waals surface area contributed by atoms with Gasteiger partial charge in [0.2, 0.25) is 0 Å².